The van der Waals surface area contributed by atoms with Crippen LogP contribution in [0, 0.1) is 19.8 Å². The first kappa shape index (κ1) is 22.2. The molecule has 144 valence electrons. The SMILES string of the molecule is CCNC(=NCC(C)(O)c1cc(C)oc1C)NCCOCC1CC1.I. The van der Waals surface area contributed by atoms with E-state index >= 15 is 0 Å². The zero-order chi connectivity index (χ0) is 17.6. The fraction of sp³-hybridized carbons (Fsp3) is 0.722. The van der Waals surface area contributed by atoms with Crippen molar-refractivity contribution in [3.05, 3.63) is 23.2 Å². The second kappa shape index (κ2) is 10.4. The van der Waals surface area contributed by atoms with Gasteiger partial charge in [-0.25, -0.2) is 4.99 Å². The Morgan fingerprint density at radius 2 is 2.12 bits per heavy atom. The van der Waals surface area contributed by atoms with Crippen molar-refractivity contribution in [2.75, 3.05) is 32.8 Å². The van der Waals surface area contributed by atoms with Gasteiger partial charge in [0.25, 0.3) is 0 Å². The summed E-state index contributed by atoms with van der Waals surface area (Å²) in [5.74, 6) is 3.00. The monoisotopic (exact) mass is 465 g/mol. The predicted molar refractivity (Wildman–Crippen MR) is 111 cm³/mol. The zero-order valence-corrected chi connectivity index (χ0v) is 18.1. The van der Waals surface area contributed by atoms with Crippen LogP contribution in [0.25, 0.3) is 0 Å². The van der Waals surface area contributed by atoms with Crippen LogP contribution in [-0.2, 0) is 10.3 Å². The zero-order valence-electron chi connectivity index (χ0n) is 15.7. The first-order valence-electron chi connectivity index (χ1n) is 8.82. The second-order valence-corrected chi connectivity index (χ2v) is 6.74. The minimum Gasteiger partial charge on any atom is -0.466 e. The predicted octanol–water partition coefficient (Wildman–Crippen LogP) is 2.70. The number of halogens is 1. The molecule has 7 heteroatoms. The lowest BCUT2D eigenvalue weighted by Crippen LogP contribution is -2.40. The van der Waals surface area contributed by atoms with Gasteiger partial charge in [0, 0.05) is 25.3 Å². The van der Waals surface area contributed by atoms with Crippen LogP contribution in [0.5, 0.6) is 0 Å². The third kappa shape index (κ3) is 7.53. The van der Waals surface area contributed by atoms with Crippen molar-refractivity contribution in [3.8, 4) is 0 Å². The lowest BCUT2D eigenvalue weighted by molar-refractivity contribution is 0.0656. The van der Waals surface area contributed by atoms with Gasteiger partial charge in [-0.1, -0.05) is 0 Å². The van der Waals surface area contributed by atoms with Crippen LogP contribution in [0.4, 0.5) is 0 Å². The molecule has 2 rings (SSSR count). The number of guanidine groups is 1. The van der Waals surface area contributed by atoms with E-state index in [0.717, 1.165) is 36.2 Å². The van der Waals surface area contributed by atoms with E-state index in [4.69, 9.17) is 9.15 Å². The average Bonchev–Trinajstić information content (AvgIpc) is 3.27. The summed E-state index contributed by atoms with van der Waals surface area (Å²) >= 11 is 0. The molecule has 0 radical (unpaired) electrons. The Morgan fingerprint density at radius 3 is 2.68 bits per heavy atom. The van der Waals surface area contributed by atoms with Gasteiger partial charge < -0.3 is 24.9 Å². The van der Waals surface area contributed by atoms with Gasteiger partial charge in [-0.15, -0.1) is 24.0 Å². The molecule has 1 fully saturated rings. The summed E-state index contributed by atoms with van der Waals surface area (Å²) in [7, 11) is 0. The number of ether oxygens (including phenoxy) is 1. The molecule has 0 saturated heterocycles. The smallest absolute Gasteiger partial charge is 0.191 e. The molecule has 1 atom stereocenters. The number of aliphatic hydroxyl groups is 1. The highest BCUT2D eigenvalue weighted by Crippen LogP contribution is 2.28. The molecule has 1 aromatic rings. The summed E-state index contributed by atoms with van der Waals surface area (Å²) in [5, 5.41) is 17.2. The van der Waals surface area contributed by atoms with Crippen molar-refractivity contribution in [3.63, 3.8) is 0 Å². The van der Waals surface area contributed by atoms with E-state index in [0.29, 0.717) is 19.1 Å². The molecule has 1 aliphatic rings. The maximum Gasteiger partial charge on any atom is 0.191 e. The van der Waals surface area contributed by atoms with Gasteiger partial charge in [0.1, 0.15) is 17.1 Å². The van der Waals surface area contributed by atoms with Gasteiger partial charge in [-0.05, 0) is 52.5 Å². The minimum atomic E-state index is -1.06. The Balaban J connectivity index is 0.00000312. The van der Waals surface area contributed by atoms with Gasteiger partial charge in [-0.2, -0.15) is 0 Å². The molecule has 1 heterocycles. The van der Waals surface area contributed by atoms with Crippen LogP contribution >= 0.6 is 24.0 Å². The van der Waals surface area contributed by atoms with Gasteiger partial charge >= 0.3 is 0 Å². The fourth-order valence-corrected chi connectivity index (χ4v) is 2.60. The van der Waals surface area contributed by atoms with Gasteiger partial charge in [-0.3, -0.25) is 0 Å². The number of nitrogens with zero attached hydrogens (tertiary/aromatic N) is 1. The number of aliphatic imine (C=N–C) groups is 1. The molecule has 0 aliphatic heterocycles. The molecule has 0 spiro atoms. The van der Waals surface area contributed by atoms with E-state index in [2.05, 4.69) is 15.6 Å². The lowest BCUT2D eigenvalue weighted by atomic mass is 9.96. The maximum atomic E-state index is 10.7. The fourth-order valence-electron chi connectivity index (χ4n) is 2.60. The summed E-state index contributed by atoms with van der Waals surface area (Å²) in [5.41, 5.74) is -0.278. The maximum absolute atomic E-state index is 10.7. The molecule has 6 nitrogen and oxygen atoms in total. The van der Waals surface area contributed by atoms with Crippen LogP contribution in [0.15, 0.2) is 15.5 Å². The highest BCUT2D eigenvalue weighted by Gasteiger charge is 2.27. The molecular formula is C18H32IN3O3. The first-order chi connectivity index (χ1) is 11.4. The highest BCUT2D eigenvalue weighted by molar-refractivity contribution is 14.0. The lowest BCUT2D eigenvalue weighted by Gasteiger charge is -2.21. The molecule has 25 heavy (non-hydrogen) atoms. The highest BCUT2D eigenvalue weighted by atomic mass is 127. The Morgan fingerprint density at radius 1 is 1.40 bits per heavy atom. The Hall–Kier alpha value is -0.800. The van der Waals surface area contributed by atoms with E-state index in [1.165, 1.54) is 12.8 Å². The summed E-state index contributed by atoms with van der Waals surface area (Å²) < 4.78 is 11.1. The first-order valence-corrected chi connectivity index (χ1v) is 8.82. The van der Waals surface area contributed by atoms with Crippen molar-refractivity contribution in [1.29, 1.82) is 0 Å². The molecule has 3 N–H and O–H groups in total. The minimum absolute atomic E-state index is 0. The molecule has 1 aromatic heterocycles. The van der Waals surface area contributed by atoms with Crippen molar-refractivity contribution in [2.45, 2.75) is 46.1 Å². The molecular weight excluding hydrogens is 433 g/mol. The van der Waals surface area contributed by atoms with Crippen molar-refractivity contribution in [2.24, 2.45) is 10.9 Å². The standard InChI is InChI=1S/C18H31N3O3.HI/c1-5-19-17(20-8-9-23-11-15-6-7-15)21-12-18(4,22)16-10-13(2)24-14(16)3;/h10,15,22H,5-9,11-12H2,1-4H3,(H2,19,20,21);1H. The Labute approximate surface area is 167 Å². The second-order valence-electron chi connectivity index (χ2n) is 6.74. The molecule has 1 unspecified atom stereocenters. The number of rotatable bonds is 9. The molecule has 1 aliphatic carbocycles. The van der Waals surface area contributed by atoms with Crippen molar-refractivity contribution in [1.82, 2.24) is 10.6 Å². The van der Waals surface area contributed by atoms with Crippen LogP contribution < -0.4 is 10.6 Å². The number of furan rings is 1. The van der Waals surface area contributed by atoms with Gasteiger partial charge in [0.15, 0.2) is 5.96 Å². The van der Waals surface area contributed by atoms with Gasteiger partial charge in [0.2, 0.25) is 0 Å². The van der Waals surface area contributed by atoms with E-state index in [1.54, 1.807) is 6.92 Å². The number of aryl methyl sites for hydroxylation is 2. The van der Waals surface area contributed by atoms with E-state index in [-0.39, 0.29) is 30.5 Å². The van der Waals surface area contributed by atoms with Crippen LogP contribution in [0.3, 0.4) is 0 Å². The summed E-state index contributed by atoms with van der Waals surface area (Å²) in [6.45, 7) is 10.8. The van der Waals surface area contributed by atoms with E-state index in [1.807, 2.05) is 26.8 Å². The van der Waals surface area contributed by atoms with Crippen LogP contribution in [-0.4, -0.2) is 43.9 Å². The normalized spacial score (nSPS) is 16.9. The molecule has 0 amide bonds. The van der Waals surface area contributed by atoms with Crippen LogP contribution in [0.1, 0.15) is 43.8 Å². The largest absolute Gasteiger partial charge is 0.466 e. The summed E-state index contributed by atoms with van der Waals surface area (Å²) in [6, 6.07) is 1.87. The third-order valence-electron chi connectivity index (χ3n) is 4.10. The van der Waals surface area contributed by atoms with E-state index in [9.17, 15) is 5.11 Å². The topological polar surface area (TPSA) is 79.0 Å². The molecule has 0 aromatic carbocycles. The Bertz CT molecular complexity index is 554. The van der Waals surface area contributed by atoms with Gasteiger partial charge in [0.05, 0.1) is 13.2 Å². The Kier molecular flexibility index (Phi) is 9.23. The number of hydrogen-bond donors (Lipinski definition) is 3. The number of nitrogens with one attached hydrogen (secondary N) is 2. The van der Waals surface area contributed by atoms with Crippen LogP contribution in [0.2, 0.25) is 0 Å². The summed E-state index contributed by atoms with van der Waals surface area (Å²) in [4.78, 5) is 4.50. The molecule has 0 bridgehead atoms. The van der Waals surface area contributed by atoms with Crippen molar-refractivity contribution >= 4 is 29.9 Å². The number of hydrogen-bond acceptors (Lipinski definition) is 4. The van der Waals surface area contributed by atoms with E-state index < -0.39 is 5.60 Å². The average molecular weight is 465 g/mol. The van der Waals surface area contributed by atoms with Crippen molar-refractivity contribution < 1.29 is 14.3 Å². The molecule has 1 saturated carbocycles. The quantitative estimate of drug-likeness (QED) is 0.226. The third-order valence-corrected chi connectivity index (χ3v) is 4.10. The summed E-state index contributed by atoms with van der Waals surface area (Å²) in [6.07, 6.45) is 2.61.